The van der Waals surface area contributed by atoms with Crippen molar-refractivity contribution in [2.24, 2.45) is 0 Å². The Morgan fingerprint density at radius 1 is 1.21 bits per heavy atom. The number of esters is 3. The van der Waals surface area contributed by atoms with E-state index in [4.69, 9.17) is 18.9 Å². The number of rotatable bonds is 3. The number of ketones is 1. The van der Waals surface area contributed by atoms with Gasteiger partial charge < -0.3 is 24.1 Å². The van der Waals surface area contributed by atoms with E-state index in [2.05, 4.69) is 0 Å². The molecule has 0 aromatic heterocycles. The molecule has 3 heterocycles. The molecule has 0 unspecified atom stereocenters. The van der Waals surface area contributed by atoms with Gasteiger partial charge in [-0.1, -0.05) is 0 Å². The molecule has 3 rings (SSSR count). The molecular formula is C19H24O9. The molecule has 2 bridgehead atoms. The van der Waals surface area contributed by atoms with E-state index in [1.54, 1.807) is 6.92 Å². The summed E-state index contributed by atoms with van der Waals surface area (Å²) >= 11 is 0. The van der Waals surface area contributed by atoms with Crippen LogP contribution in [0.15, 0.2) is 11.1 Å². The highest BCUT2D eigenvalue weighted by molar-refractivity contribution is 5.95. The van der Waals surface area contributed by atoms with Crippen molar-refractivity contribution in [3.63, 3.8) is 0 Å². The minimum atomic E-state index is -1.78. The van der Waals surface area contributed by atoms with Gasteiger partial charge in [-0.15, -0.1) is 0 Å². The van der Waals surface area contributed by atoms with Crippen LogP contribution in [0.4, 0.5) is 0 Å². The third-order valence-corrected chi connectivity index (χ3v) is 5.35. The van der Waals surface area contributed by atoms with Gasteiger partial charge in [-0.3, -0.25) is 14.4 Å². The fraction of sp³-hybridized carbons (Fsp3) is 0.684. The summed E-state index contributed by atoms with van der Waals surface area (Å²) in [4.78, 5) is 48.3. The largest absolute Gasteiger partial charge is 0.461 e. The van der Waals surface area contributed by atoms with Crippen LogP contribution in [0.3, 0.4) is 0 Å². The van der Waals surface area contributed by atoms with Gasteiger partial charge in [0.05, 0.1) is 16.7 Å². The normalized spacial score (nSPS) is 37.5. The highest BCUT2D eigenvalue weighted by Gasteiger charge is 2.64. The predicted octanol–water partition coefficient (Wildman–Crippen LogP) is 0.714. The van der Waals surface area contributed by atoms with Crippen LogP contribution < -0.4 is 0 Å². The molecule has 9 heteroatoms. The predicted molar refractivity (Wildman–Crippen MR) is 91.6 cm³/mol. The number of hydrogen-bond acceptors (Lipinski definition) is 9. The second-order valence-corrected chi connectivity index (χ2v) is 8.05. The van der Waals surface area contributed by atoms with Crippen LogP contribution in [0.25, 0.3) is 0 Å². The Hall–Kier alpha value is -2.26. The summed E-state index contributed by atoms with van der Waals surface area (Å²) in [6.07, 6.45) is -0.920. The Morgan fingerprint density at radius 3 is 2.50 bits per heavy atom. The van der Waals surface area contributed by atoms with Crippen LogP contribution in [0.5, 0.6) is 0 Å². The van der Waals surface area contributed by atoms with Gasteiger partial charge in [0.2, 0.25) is 5.79 Å². The molecule has 28 heavy (non-hydrogen) atoms. The molecule has 0 aromatic carbocycles. The first kappa shape index (κ1) is 20.5. The molecule has 0 aliphatic carbocycles. The van der Waals surface area contributed by atoms with E-state index < -0.39 is 41.0 Å². The summed E-state index contributed by atoms with van der Waals surface area (Å²) in [5.74, 6) is -4.08. The van der Waals surface area contributed by atoms with Crippen LogP contribution >= 0.6 is 0 Å². The SMILES string of the molecule is CC(=O)OCC1=C2[C@@H](OC(C)=O)C[C@@]3(C)O[C@]2(C[C@](C)(O)CCC3=O)OC1=O. The average molecular weight is 396 g/mol. The maximum absolute atomic E-state index is 12.8. The van der Waals surface area contributed by atoms with Crippen molar-refractivity contribution in [1.29, 1.82) is 0 Å². The first-order chi connectivity index (χ1) is 12.9. The monoisotopic (exact) mass is 396 g/mol. The third-order valence-electron chi connectivity index (χ3n) is 5.35. The molecule has 2 fully saturated rings. The minimum Gasteiger partial charge on any atom is -0.461 e. The molecule has 0 radical (unpaired) electrons. The second kappa shape index (κ2) is 6.66. The smallest absolute Gasteiger partial charge is 0.340 e. The van der Waals surface area contributed by atoms with Crippen molar-refractivity contribution in [1.82, 2.24) is 0 Å². The molecule has 2 saturated heterocycles. The Bertz CT molecular complexity index is 780. The molecule has 3 aliphatic rings. The maximum atomic E-state index is 12.8. The highest BCUT2D eigenvalue weighted by atomic mass is 16.7. The molecule has 4 atom stereocenters. The fourth-order valence-electron chi connectivity index (χ4n) is 4.17. The van der Waals surface area contributed by atoms with Gasteiger partial charge in [0.15, 0.2) is 5.78 Å². The lowest BCUT2D eigenvalue weighted by atomic mass is 9.74. The highest BCUT2D eigenvalue weighted by Crippen LogP contribution is 2.52. The van der Waals surface area contributed by atoms with Crippen LogP contribution in [0, 0.1) is 0 Å². The number of carbonyl (C=O) groups excluding carboxylic acids is 4. The summed E-state index contributed by atoms with van der Waals surface area (Å²) in [5.41, 5.74) is -2.57. The van der Waals surface area contributed by atoms with Gasteiger partial charge in [-0.25, -0.2) is 4.79 Å². The van der Waals surface area contributed by atoms with Gasteiger partial charge in [-0.2, -0.15) is 0 Å². The van der Waals surface area contributed by atoms with Crippen molar-refractivity contribution in [3.05, 3.63) is 11.1 Å². The van der Waals surface area contributed by atoms with E-state index in [0.717, 1.165) is 0 Å². The van der Waals surface area contributed by atoms with Crippen molar-refractivity contribution in [3.8, 4) is 0 Å². The molecule has 154 valence electrons. The van der Waals surface area contributed by atoms with Crippen molar-refractivity contribution in [2.75, 3.05) is 6.61 Å². The van der Waals surface area contributed by atoms with Crippen LogP contribution in [0.2, 0.25) is 0 Å². The van der Waals surface area contributed by atoms with E-state index in [1.807, 2.05) is 0 Å². The summed E-state index contributed by atoms with van der Waals surface area (Å²) in [6.45, 7) is 5.09. The number of fused-ring (bicyclic) bond motifs is 1. The molecule has 0 aromatic rings. The Kier molecular flexibility index (Phi) is 4.87. The summed E-state index contributed by atoms with van der Waals surface area (Å²) < 4.78 is 22.0. The zero-order valence-corrected chi connectivity index (χ0v) is 16.3. The zero-order valence-electron chi connectivity index (χ0n) is 16.3. The summed E-state index contributed by atoms with van der Waals surface area (Å²) in [6, 6.07) is 0. The number of aliphatic hydroxyl groups is 1. The van der Waals surface area contributed by atoms with E-state index in [-0.39, 0.29) is 49.2 Å². The van der Waals surface area contributed by atoms with Crippen molar-refractivity contribution < 1.29 is 43.2 Å². The quantitative estimate of drug-likeness (QED) is 0.542. The van der Waals surface area contributed by atoms with Gasteiger partial charge in [-0.05, 0) is 20.3 Å². The molecule has 9 nitrogen and oxygen atoms in total. The van der Waals surface area contributed by atoms with Gasteiger partial charge >= 0.3 is 17.9 Å². The molecule has 3 aliphatic heterocycles. The first-order valence-corrected chi connectivity index (χ1v) is 9.11. The molecule has 0 saturated carbocycles. The van der Waals surface area contributed by atoms with E-state index >= 15 is 0 Å². The second-order valence-electron chi connectivity index (χ2n) is 8.05. The van der Waals surface area contributed by atoms with Crippen LogP contribution in [-0.2, 0) is 38.1 Å². The van der Waals surface area contributed by atoms with E-state index in [1.165, 1.54) is 20.8 Å². The van der Waals surface area contributed by atoms with Crippen LogP contribution in [-0.4, -0.2) is 58.5 Å². The number of Topliss-reactive ketones (excluding diaryl/α,β-unsaturated/α-hetero) is 1. The van der Waals surface area contributed by atoms with Crippen molar-refractivity contribution >= 4 is 23.7 Å². The third kappa shape index (κ3) is 3.56. The summed E-state index contributed by atoms with van der Waals surface area (Å²) in [5, 5.41) is 10.8. The van der Waals surface area contributed by atoms with E-state index in [0.29, 0.717) is 0 Å². The minimum absolute atomic E-state index is 0.00711. The maximum Gasteiger partial charge on any atom is 0.340 e. The average Bonchev–Trinajstić information content (AvgIpc) is 2.79. The van der Waals surface area contributed by atoms with Crippen LogP contribution in [0.1, 0.15) is 53.4 Å². The molecule has 1 N–H and O–H groups in total. The number of ether oxygens (including phenoxy) is 4. The topological polar surface area (TPSA) is 125 Å². The molecule has 0 amide bonds. The molecule has 1 spiro atoms. The lowest BCUT2D eigenvalue weighted by molar-refractivity contribution is -0.284. The van der Waals surface area contributed by atoms with Crippen molar-refractivity contribution in [2.45, 2.75) is 76.5 Å². The number of hydrogen-bond donors (Lipinski definition) is 1. The molecular weight excluding hydrogens is 372 g/mol. The van der Waals surface area contributed by atoms with Gasteiger partial charge in [0.1, 0.15) is 18.3 Å². The van der Waals surface area contributed by atoms with E-state index in [9.17, 15) is 24.3 Å². The Balaban J connectivity index is 2.16. The fourth-order valence-corrected chi connectivity index (χ4v) is 4.17. The lowest BCUT2D eigenvalue weighted by Crippen LogP contribution is -2.61. The Morgan fingerprint density at radius 2 is 1.89 bits per heavy atom. The Labute approximate surface area is 161 Å². The zero-order chi connectivity index (χ0) is 20.9. The van der Waals surface area contributed by atoms with Gasteiger partial charge in [0, 0.05) is 33.1 Å². The summed E-state index contributed by atoms with van der Waals surface area (Å²) in [7, 11) is 0. The first-order valence-electron chi connectivity index (χ1n) is 9.11. The number of carbonyl (C=O) groups is 4. The standard InChI is InChI=1S/C19H24O9/c1-10(20)25-8-12-15-13(26-11(2)21)7-18(4)14(22)5-6-17(3,24)9-19(15,28-18)27-16(12)23/h13,24H,5-9H2,1-4H3/t13-,17+,18+,19-/m0/s1. The van der Waals surface area contributed by atoms with Gasteiger partial charge in [0.25, 0.3) is 0 Å². The lowest BCUT2D eigenvalue weighted by Gasteiger charge is -2.50.